The average molecular weight is 291 g/mol. The van der Waals surface area contributed by atoms with Crippen LogP contribution in [0.3, 0.4) is 0 Å². The molecule has 5 N–H and O–H groups in total. The number of carbonyl (C=O) groups is 1. The molecular formula is C10H17N3O7. The van der Waals surface area contributed by atoms with Crippen molar-refractivity contribution in [1.29, 1.82) is 0 Å². The molecule has 10 heteroatoms. The van der Waals surface area contributed by atoms with Crippen molar-refractivity contribution < 1.29 is 35.1 Å². The summed E-state index contributed by atoms with van der Waals surface area (Å²) in [6.45, 7) is 0.740. The maximum atomic E-state index is 11.0. The van der Waals surface area contributed by atoms with E-state index in [-0.39, 0.29) is 0 Å². The fourth-order valence-corrected chi connectivity index (χ4v) is 2.13. The summed E-state index contributed by atoms with van der Waals surface area (Å²) in [5.41, 5.74) is 8.46. The molecule has 114 valence electrons. The second-order valence-corrected chi connectivity index (χ2v) is 4.75. The second kappa shape index (κ2) is 6.35. The topological polar surface area (TPSA) is 176 Å². The third-order valence-corrected chi connectivity index (χ3v) is 3.39. The Balaban J connectivity index is 3.08. The lowest BCUT2D eigenvalue weighted by Crippen LogP contribution is -2.59. The molecule has 0 aliphatic carbocycles. The van der Waals surface area contributed by atoms with Gasteiger partial charge in [-0.1, -0.05) is 12.0 Å². The van der Waals surface area contributed by atoms with Crippen molar-refractivity contribution in [2.45, 2.75) is 43.5 Å². The van der Waals surface area contributed by atoms with Crippen molar-refractivity contribution in [2.24, 2.45) is 11.0 Å². The Morgan fingerprint density at radius 2 is 2.20 bits per heavy atom. The molecule has 1 fully saturated rings. The molecule has 1 aliphatic heterocycles. The van der Waals surface area contributed by atoms with Crippen LogP contribution in [-0.2, 0) is 9.53 Å². The fourth-order valence-electron chi connectivity index (χ4n) is 2.13. The number of hydrogen-bond acceptors (Lipinski definition) is 7. The van der Waals surface area contributed by atoms with Gasteiger partial charge in [-0.25, -0.2) is 4.79 Å². The van der Waals surface area contributed by atoms with Crippen LogP contribution < -0.4 is 0 Å². The summed E-state index contributed by atoms with van der Waals surface area (Å²) < 4.78 is 4.96. The van der Waals surface area contributed by atoms with E-state index in [4.69, 9.17) is 20.5 Å². The number of aliphatic hydroxyl groups excluding tert-OH is 3. The van der Waals surface area contributed by atoms with E-state index in [1.54, 1.807) is 0 Å². The molecule has 0 bridgehead atoms. The Morgan fingerprint density at radius 3 is 2.65 bits per heavy atom. The van der Waals surface area contributed by atoms with Gasteiger partial charge in [0, 0.05) is 17.4 Å². The zero-order valence-corrected chi connectivity index (χ0v) is 10.7. The minimum Gasteiger partial charge on any atom is -0.477 e. The van der Waals surface area contributed by atoms with E-state index < -0.39 is 55.1 Å². The van der Waals surface area contributed by atoms with E-state index in [0.29, 0.717) is 0 Å². The molecule has 0 radical (unpaired) electrons. The molecule has 2 unspecified atom stereocenters. The highest BCUT2D eigenvalue weighted by atomic mass is 16.7. The van der Waals surface area contributed by atoms with Crippen molar-refractivity contribution >= 4 is 5.97 Å². The average Bonchev–Trinajstić information content (AvgIpc) is 2.41. The summed E-state index contributed by atoms with van der Waals surface area (Å²) in [6, 6.07) is -0.944. The Bertz CT molecular complexity index is 414. The summed E-state index contributed by atoms with van der Waals surface area (Å²) in [7, 11) is 0. The molecule has 1 rings (SSSR count). The van der Waals surface area contributed by atoms with Gasteiger partial charge in [0.05, 0.1) is 12.7 Å². The summed E-state index contributed by atoms with van der Waals surface area (Å²) in [5.74, 6) is -4.99. The Kier molecular flexibility index (Phi) is 5.28. The van der Waals surface area contributed by atoms with Gasteiger partial charge in [0.1, 0.15) is 12.2 Å². The van der Waals surface area contributed by atoms with Gasteiger partial charge in [-0.05, 0) is 11.4 Å². The van der Waals surface area contributed by atoms with Crippen LogP contribution in [0.1, 0.15) is 13.3 Å². The lowest BCUT2D eigenvalue weighted by Gasteiger charge is -2.43. The van der Waals surface area contributed by atoms with Crippen LogP contribution in [0.2, 0.25) is 0 Å². The quantitative estimate of drug-likeness (QED) is 0.234. The van der Waals surface area contributed by atoms with Crippen LogP contribution in [0.5, 0.6) is 0 Å². The Morgan fingerprint density at radius 1 is 1.60 bits per heavy atom. The van der Waals surface area contributed by atoms with Gasteiger partial charge in [-0.2, -0.15) is 0 Å². The zero-order valence-electron chi connectivity index (χ0n) is 10.7. The lowest BCUT2D eigenvalue weighted by atomic mass is 9.83. The summed E-state index contributed by atoms with van der Waals surface area (Å²) in [5, 5.41) is 50.3. The number of ether oxygens (including phenoxy) is 1. The first-order valence-electron chi connectivity index (χ1n) is 5.91. The largest absolute Gasteiger partial charge is 0.477 e. The van der Waals surface area contributed by atoms with E-state index in [1.165, 1.54) is 6.92 Å². The summed E-state index contributed by atoms with van der Waals surface area (Å²) >= 11 is 0. The van der Waals surface area contributed by atoms with Crippen molar-refractivity contribution in [1.82, 2.24) is 0 Å². The molecule has 1 heterocycles. The predicted octanol–water partition coefficient (Wildman–Crippen LogP) is -1.42. The number of carboxylic acid groups (broad SMARTS) is 1. The Hall–Kier alpha value is -1.42. The summed E-state index contributed by atoms with van der Waals surface area (Å²) in [4.78, 5) is 13.6. The van der Waals surface area contributed by atoms with Crippen LogP contribution in [0.15, 0.2) is 5.11 Å². The number of rotatable bonds is 5. The van der Waals surface area contributed by atoms with E-state index in [0.717, 1.165) is 0 Å². The molecule has 1 saturated heterocycles. The third-order valence-electron chi connectivity index (χ3n) is 3.39. The second-order valence-electron chi connectivity index (χ2n) is 4.75. The number of aliphatic carboxylic acids is 1. The molecule has 1 aliphatic rings. The number of carboxylic acids is 1. The van der Waals surface area contributed by atoms with Crippen molar-refractivity contribution in [2.75, 3.05) is 6.61 Å². The molecule has 20 heavy (non-hydrogen) atoms. The van der Waals surface area contributed by atoms with E-state index in [1.807, 2.05) is 0 Å². The lowest BCUT2D eigenvalue weighted by molar-refractivity contribution is -0.288. The standard InChI is InChI=1S/C10H17N3O7/c1-4-5(12-13-11)2-10(19,9(17)18)20-8(4)7(16)6(15)3-14/h4-8,14-16,19H,2-3H2,1H3,(H,17,18)/t4-,5-,6-,7-,8?,10?/m1/s1. The van der Waals surface area contributed by atoms with Crippen molar-refractivity contribution in [3.05, 3.63) is 10.4 Å². The van der Waals surface area contributed by atoms with Gasteiger partial charge in [0.25, 0.3) is 5.79 Å². The van der Waals surface area contributed by atoms with Crippen molar-refractivity contribution in [3.63, 3.8) is 0 Å². The first-order chi connectivity index (χ1) is 9.26. The fraction of sp³-hybridized carbons (Fsp3) is 0.900. The van der Waals surface area contributed by atoms with Gasteiger partial charge in [-0.3, -0.25) is 0 Å². The van der Waals surface area contributed by atoms with Gasteiger partial charge in [-0.15, -0.1) is 0 Å². The predicted molar refractivity (Wildman–Crippen MR) is 63.3 cm³/mol. The molecule has 0 aromatic carbocycles. The zero-order chi connectivity index (χ0) is 15.5. The summed E-state index contributed by atoms with van der Waals surface area (Å²) in [6.07, 6.45) is -5.02. The van der Waals surface area contributed by atoms with E-state index >= 15 is 0 Å². The van der Waals surface area contributed by atoms with Crippen LogP contribution in [-0.4, -0.2) is 68.2 Å². The van der Waals surface area contributed by atoms with Gasteiger partial charge >= 0.3 is 5.97 Å². The minimum absolute atomic E-state index is 0.480. The van der Waals surface area contributed by atoms with Crippen LogP contribution in [0.4, 0.5) is 0 Å². The number of hydrogen-bond donors (Lipinski definition) is 5. The molecule has 6 atom stereocenters. The highest BCUT2D eigenvalue weighted by Crippen LogP contribution is 2.35. The Labute approximate surface area is 113 Å². The van der Waals surface area contributed by atoms with Gasteiger partial charge in [0.15, 0.2) is 0 Å². The highest BCUT2D eigenvalue weighted by Gasteiger charge is 2.52. The first-order valence-corrected chi connectivity index (χ1v) is 5.91. The molecule has 0 saturated carbocycles. The SMILES string of the molecule is C[C@H]1C([C@H](O)[C@H](O)CO)OC(O)(C(=O)O)C[C@H]1N=[N+]=[N-]. The molecular weight excluding hydrogens is 274 g/mol. The van der Waals surface area contributed by atoms with Crippen LogP contribution in [0, 0.1) is 5.92 Å². The van der Waals surface area contributed by atoms with E-state index in [2.05, 4.69) is 10.0 Å². The molecule has 0 aromatic heterocycles. The maximum Gasteiger partial charge on any atom is 0.364 e. The minimum atomic E-state index is -2.63. The maximum absolute atomic E-state index is 11.0. The number of nitrogens with zero attached hydrogens (tertiary/aromatic N) is 3. The number of azide groups is 1. The molecule has 0 spiro atoms. The molecule has 10 nitrogen and oxygen atoms in total. The van der Waals surface area contributed by atoms with E-state index in [9.17, 15) is 20.1 Å². The van der Waals surface area contributed by atoms with Crippen LogP contribution in [0.25, 0.3) is 10.4 Å². The van der Waals surface area contributed by atoms with Gasteiger partial charge < -0.3 is 30.3 Å². The monoisotopic (exact) mass is 291 g/mol. The van der Waals surface area contributed by atoms with Crippen molar-refractivity contribution in [3.8, 4) is 0 Å². The van der Waals surface area contributed by atoms with Crippen LogP contribution >= 0.6 is 0 Å². The molecule has 0 aromatic rings. The molecule has 0 amide bonds. The smallest absolute Gasteiger partial charge is 0.364 e. The normalized spacial score (nSPS) is 36.8. The first kappa shape index (κ1) is 16.6. The number of aliphatic hydroxyl groups is 4. The third kappa shape index (κ3) is 3.18. The highest BCUT2D eigenvalue weighted by molar-refractivity contribution is 5.75. The van der Waals surface area contributed by atoms with Gasteiger partial charge in [0.2, 0.25) is 0 Å².